The summed E-state index contributed by atoms with van der Waals surface area (Å²) in [5.74, 6) is 2.18. The number of benzene rings is 2. The maximum Gasteiger partial charge on any atom is 0.222 e. The molecule has 1 amide bonds. The van der Waals surface area contributed by atoms with Crippen LogP contribution in [-0.4, -0.2) is 63.3 Å². The number of aromatic nitrogens is 2. The molecule has 5 rings (SSSR count). The molecular formula is C28H38N4O3. The summed E-state index contributed by atoms with van der Waals surface area (Å²) in [5.41, 5.74) is 2.44. The number of carbonyl (C=O) groups excluding carboxylic acids is 1. The van der Waals surface area contributed by atoms with Crippen LogP contribution in [-0.2, 0) is 4.79 Å². The van der Waals surface area contributed by atoms with E-state index in [-0.39, 0.29) is 27.2 Å². The molecule has 1 aromatic heterocycles. The monoisotopic (exact) mass is 478 g/mol. The molecule has 0 bridgehead atoms. The molecule has 1 aliphatic heterocycles. The number of hydrogen-bond acceptors (Lipinski definition) is 6. The summed E-state index contributed by atoms with van der Waals surface area (Å²) in [6.45, 7) is 3.61. The van der Waals surface area contributed by atoms with Crippen molar-refractivity contribution in [3.63, 3.8) is 0 Å². The van der Waals surface area contributed by atoms with Crippen LogP contribution >= 0.6 is 0 Å². The van der Waals surface area contributed by atoms with Gasteiger partial charge in [-0.25, -0.2) is 9.97 Å². The second-order valence-corrected chi connectivity index (χ2v) is 9.97. The lowest BCUT2D eigenvalue weighted by atomic mass is 10.0. The number of amides is 1. The highest BCUT2D eigenvalue weighted by molar-refractivity contribution is 5.92. The van der Waals surface area contributed by atoms with Crippen LogP contribution in [0.25, 0.3) is 22.3 Å². The quantitative estimate of drug-likeness (QED) is 0.530. The number of fused-ring (bicyclic) bond motifs is 1. The number of hydrogen-bond donors (Lipinski definition) is 2. The average Bonchev–Trinajstić information content (AvgIpc) is 3.40. The summed E-state index contributed by atoms with van der Waals surface area (Å²) in [6.07, 6.45) is 6.65. The van der Waals surface area contributed by atoms with Crippen molar-refractivity contribution in [1.82, 2.24) is 14.9 Å². The number of aromatic hydroxyl groups is 1. The Morgan fingerprint density at radius 1 is 1.11 bits per heavy atom. The van der Waals surface area contributed by atoms with Crippen molar-refractivity contribution in [2.24, 2.45) is 5.92 Å². The summed E-state index contributed by atoms with van der Waals surface area (Å²) in [6, 6.07) is 12.9. The van der Waals surface area contributed by atoms with E-state index in [9.17, 15) is 15.0 Å². The number of anilines is 1. The topological polar surface area (TPSA) is 89.8 Å². The van der Waals surface area contributed by atoms with Crippen LogP contribution in [0.3, 0.4) is 0 Å². The summed E-state index contributed by atoms with van der Waals surface area (Å²) >= 11 is 0. The first-order valence-corrected chi connectivity index (χ1v) is 12.8. The second kappa shape index (κ2) is 10.2. The minimum Gasteiger partial charge on any atom is -0.507 e. The standard InChI is InChI=1S/C28H34N4O3.2H2/c1-19-10-12-22-24(16-19)29-27(23-8-4-5-9-25(23)34)30-28(22)32-15-14-31(17-21(32)18-33)26(35)13-11-20-6-2-3-7-20;;/h4-5,8-10,12,16,20-21,33-34H,2-3,6-7,11,13-15,17-18H2,1H3;2*1H. The molecule has 1 saturated heterocycles. The highest BCUT2D eigenvalue weighted by Gasteiger charge is 2.32. The molecule has 0 radical (unpaired) electrons. The van der Waals surface area contributed by atoms with Gasteiger partial charge in [-0.15, -0.1) is 0 Å². The number of aliphatic hydroxyl groups is 1. The van der Waals surface area contributed by atoms with Crippen molar-refractivity contribution in [3.8, 4) is 17.1 Å². The van der Waals surface area contributed by atoms with Gasteiger partial charge in [0.2, 0.25) is 5.91 Å². The molecule has 2 fully saturated rings. The Morgan fingerprint density at radius 2 is 1.91 bits per heavy atom. The Kier molecular flexibility index (Phi) is 6.86. The molecule has 35 heavy (non-hydrogen) atoms. The van der Waals surface area contributed by atoms with Crippen molar-refractivity contribution in [3.05, 3.63) is 48.0 Å². The van der Waals surface area contributed by atoms with Crippen LogP contribution in [0.4, 0.5) is 5.82 Å². The lowest BCUT2D eigenvalue weighted by molar-refractivity contribution is -0.132. The third-order valence-electron chi connectivity index (χ3n) is 7.54. The van der Waals surface area contributed by atoms with Crippen molar-refractivity contribution in [2.75, 3.05) is 31.1 Å². The van der Waals surface area contributed by atoms with E-state index in [2.05, 4.69) is 4.90 Å². The van der Waals surface area contributed by atoms with Crippen LogP contribution in [0, 0.1) is 12.8 Å². The zero-order chi connectivity index (χ0) is 24.4. The minimum atomic E-state index is -0.254. The Morgan fingerprint density at radius 3 is 2.69 bits per heavy atom. The first-order valence-electron chi connectivity index (χ1n) is 12.8. The van der Waals surface area contributed by atoms with E-state index in [4.69, 9.17) is 9.97 Å². The number of rotatable bonds is 6. The van der Waals surface area contributed by atoms with Crippen LogP contribution in [0.1, 0.15) is 46.9 Å². The second-order valence-electron chi connectivity index (χ2n) is 9.97. The molecule has 1 atom stereocenters. The molecule has 2 N–H and O–H groups in total. The number of carbonyl (C=O) groups is 1. The SMILES string of the molecule is Cc1ccc2c(N3CCN(C(=O)CCC4CCCC4)CC3CO)nc(-c3ccccc3O)nc2c1.[HH].[HH]. The molecule has 1 unspecified atom stereocenters. The predicted octanol–water partition coefficient (Wildman–Crippen LogP) is 4.78. The number of para-hydroxylation sites is 1. The lowest BCUT2D eigenvalue weighted by Gasteiger charge is -2.42. The van der Waals surface area contributed by atoms with Gasteiger partial charge in [0, 0.05) is 34.3 Å². The largest absolute Gasteiger partial charge is 0.507 e. The van der Waals surface area contributed by atoms with Crippen LogP contribution < -0.4 is 4.90 Å². The maximum atomic E-state index is 13.0. The Hall–Kier alpha value is -3.19. The molecule has 2 aliphatic rings. The highest BCUT2D eigenvalue weighted by Crippen LogP contribution is 2.34. The van der Waals surface area contributed by atoms with E-state index in [1.54, 1.807) is 18.2 Å². The van der Waals surface area contributed by atoms with Gasteiger partial charge < -0.3 is 20.0 Å². The fourth-order valence-corrected chi connectivity index (χ4v) is 5.53. The molecular weight excluding hydrogens is 440 g/mol. The molecule has 1 aliphatic carbocycles. The first-order chi connectivity index (χ1) is 17.0. The number of phenolic OH excluding ortho intramolecular Hbond substituents is 1. The number of aryl methyl sites for hydroxylation is 1. The molecule has 7 heteroatoms. The fraction of sp³-hybridized carbons (Fsp3) is 0.464. The molecule has 7 nitrogen and oxygen atoms in total. The molecule has 2 heterocycles. The smallest absolute Gasteiger partial charge is 0.222 e. The molecule has 1 saturated carbocycles. The van der Waals surface area contributed by atoms with Crippen molar-refractivity contribution in [2.45, 2.75) is 51.5 Å². The van der Waals surface area contributed by atoms with Gasteiger partial charge in [0.15, 0.2) is 5.82 Å². The highest BCUT2D eigenvalue weighted by atomic mass is 16.3. The normalized spacial score (nSPS) is 19.0. The molecule has 188 valence electrons. The van der Waals surface area contributed by atoms with Gasteiger partial charge in [0.05, 0.1) is 23.7 Å². The van der Waals surface area contributed by atoms with E-state index in [1.807, 2.05) is 36.1 Å². The Bertz CT molecular complexity index is 1220. The number of aliphatic hydroxyl groups excluding tert-OH is 1. The van der Waals surface area contributed by atoms with Crippen LogP contribution in [0.2, 0.25) is 0 Å². The number of piperazine rings is 1. The summed E-state index contributed by atoms with van der Waals surface area (Å²) in [7, 11) is 0. The van der Waals surface area contributed by atoms with Crippen molar-refractivity contribution in [1.29, 1.82) is 0 Å². The van der Waals surface area contributed by atoms with E-state index in [0.29, 0.717) is 43.4 Å². The van der Waals surface area contributed by atoms with Gasteiger partial charge in [0.1, 0.15) is 11.6 Å². The van der Waals surface area contributed by atoms with Crippen LogP contribution in [0.15, 0.2) is 42.5 Å². The van der Waals surface area contributed by atoms with Gasteiger partial charge in [-0.2, -0.15) is 0 Å². The van der Waals surface area contributed by atoms with Gasteiger partial charge >= 0.3 is 0 Å². The Labute approximate surface area is 209 Å². The van der Waals surface area contributed by atoms with E-state index >= 15 is 0 Å². The zero-order valence-electron chi connectivity index (χ0n) is 20.4. The Balaban J connectivity index is 0.00000190. The van der Waals surface area contributed by atoms with Crippen LogP contribution in [0.5, 0.6) is 5.75 Å². The third-order valence-corrected chi connectivity index (χ3v) is 7.54. The summed E-state index contributed by atoms with van der Waals surface area (Å²) in [5, 5.41) is 21.6. The molecule has 3 aromatic rings. The number of phenols is 1. The van der Waals surface area contributed by atoms with Gasteiger partial charge in [-0.3, -0.25) is 4.79 Å². The summed E-state index contributed by atoms with van der Waals surface area (Å²) < 4.78 is 0. The van der Waals surface area contributed by atoms with E-state index in [0.717, 1.165) is 28.7 Å². The van der Waals surface area contributed by atoms with Gasteiger partial charge in [-0.1, -0.05) is 43.9 Å². The zero-order valence-corrected chi connectivity index (χ0v) is 20.4. The summed E-state index contributed by atoms with van der Waals surface area (Å²) in [4.78, 5) is 26.6. The fourth-order valence-electron chi connectivity index (χ4n) is 5.53. The van der Waals surface area contributed by atoms with E-state index < -0.39 is 0 Å². The minimum absolute atomic E-state index is 0. The van der Waals surface area contributed by atoms with Gasteiger partial charge in [0.25, 0.3) is 0 Å². The van der Waals surface area contributed by atoms with E-state index in [1.165, 1.54) is 25.7 Å². The van der Waals surface area contributed by atoms with Crippen molar-refractivity contribution < 1.29 is 17.9 Å². The lowest BCUT2D eigenvalue weighted by Crippen LogP contribution is -2.56. The predicted molar refractivity (Wildman–Crippen MR) is 142 cm³/mol. The first kappa shape index (κ1) is 23.5. The maximum absolute atomic E-state index is 13.0. The molecule has 2 aromatic carbocycles. The molecule has 0 spiro atoms. The van der Waals surface area contributed by atoms with Crippen molar-refractivity contribution >= 4 is 22.6 Å². The van der Waals surface area contributed by atoms with Gasteiger partial charge in [-0.05, 0) is 49.1 Å². The number of nitrogens with zero attached hydrogens (tertiary/aromatic N) is 4. The average molecular weight is 479 g/mol. The third kappa shape index (κ3) is 4.96.